The number of halogens is 1. The molecule has 1 aromatic rings. The summed E-state index contributed by atoms with van der Waals surface area (Å²) in [6.45, 7) is 3.74. The van der Waals surface area contributed by atoms with Gasteiger partial charge in [-0.15, -0.1) is 15.4 Å². The summed E-state index contributed by atoms with van der Waals surface area (Å²) in [4.78, 5) is 0.240. The van der Waals surface area contributed by atoms with E-state index in [2.05, 4.69) is 3.77 Å². The molecule has 0 fully saturated rings. The molecule has 0 heterocycles. The lowest BCUT2D eigenvalue weighted by Gasteiger charge is -2.04. The number of rotatable bonds is 4. The number of hydrogen-bond donors (Lipinski definition) is 0. The molecule has 0 saturated heterocycles. The van der Waals surface area contributed by atoms with Crippen molar-refractivity contribution in [1.82, 2.24) is 0 Å². The van der Waals surface area contributed by atoms with Crippen LogP contribution < -0.4 is 0 Å². The smallest absolute Gasteiger partial charge is 0.199 e. The Morgan fingerprint density at radius 2 is 1.88 bits per heavy atom. The van der Waals surface area contributed by atoms with Gasteiger partial charge in [0, 0.05) is 11.1 Å². The summed E-state index contributed by atoms with van der Waals surface area (Å²) >= 11 is 5.82. The van der Waals surface area contributed by atoms with Crippen LogP contribution in [0.3, 0.4) is 0 Å². The number of alkyl halides is 1. The second-order valence-electron chi connectivity index (χ2n) is 3.91. The molecule has 0 saturated carbocycles. The zero-order chi connectivity index (χ0) is 13.1. The lowest BCUT2D eigenvalue weighted by atomic mass is 10.2. The normalized spacial score (nSPS) is 15.8. The number of sulfonamides is 1. The van der Waals surface area contributed by atoms with E-state index in [1.807, 2.05) is 13.8 Å². The largest absolute Gasteiger partial charge is 0.287 e. The average Bonchev–Trinajstić information content (AvgIpc) is 2.15. The lowest BCUT2D eigenvalue weighted by Crippen LogP contribution is -2.08. The van der Waals surface area contributed by atoms with Crippen LogP contribution in [-0.2, 0) is 20.7 Å². The van der Waals surface area contributed by atoms with Gasteiger partial charge in [-0.2, -0.15) is 8.42 Å². The van der Waals surface area contributed by atoms with Crippen LogP contribution >= 0.6 is 11.6 Å². The minimum absolute atomic E-state index is 0.0692. The maximum atomic E-state index is 11.9. The molecule has 1 aromatic carbocycles. The second-order valence-corrected chi connectivity index (χ2v) is 8.21. The average molecular weight is 294 g/mol. The Balaban J connectivity index is 3.00. The van der Waals surface area contributed by atoms with E-state index in [0.717, 1.165) is 5.56 Å². The topological polar surface area (TPSA) is 46.5 Å². The van der Waals surface area contributed by atoms with E-state index in [9.17, 15) is 8.42 Å². The van der Waals surface area contributed by atoms with Crippen molar-refractivity contribution in [2.24, 2.45) is 3.77 Å². The zero-order valence-electron chi connectivity index (χ0n) is 10.1. The number of nitrogens with zero attached hydrogens (tertiary/aromatic N) is 1. The molecular formula is C11H16ClNO2S2. The summed E-state index contributed by atoms with van der Waals surface area (Å²) in [5, 5.41) is -0.0692. The highest BCUT2D eigenvalue weighted by Gasteiger charge is 2.12. The zero-order valence-corrected chi connectivity index (χ0v) is 12.4. The first-order chi connectivity index (χ1) is 7.81. The third-order valence-corrected chi connectivity index (χ3v) is 6.01. The van der Waals surface area contributed by atoms with E-state index < -0.39 is 20.7 Å². The van der Waals surface area contributed by atoms with E-state index in [1.165, 1.54) is 0 Å². The third kappa shape index (κ3) is 4.77. The van der Waals surface area contributed by atoms with Crippen LogP contribution in [0.5, 0.6) is 0 Å². The lowest BCUT2D eigenvalue weighted by molar-refractivity contribution is 0.598. The highest BCUT2D eigenvalue weighted by Crippen LogP contribution is 2.14. The summed E-state index contributed by atoms with van der Waals surface area (Å²) in [5.74, 6) is 0.576. The Bertz CT molecular complexity index is 507. The first-order valence-corrected chi connectivity index (χ1v) is 8.76. The molecule has 0 bridgehead atoms. The van der Waals surface area contributed by atoms with Gasteiger partial charge < -0.3 is 0 Å². The Morgan fingerprint density at radius 1 is 1.35 bits per heavy atom. The van der Waals surface area contributed by atoms with Gasteiger partial charge in [0.1, 0.15) is 0 Å². The molecule has 0 aromatic heterocycles. The molecule has 0 aliphatic heterocycles. The highest BCUT2D eigenvalue weighted by molar-refractivity contribution is 7.99. The Morgan fingerprint density at radius 3 is 2.35 bits per heavy atom. The quantitative estimate of drug-likeness (QED) is 0.801. The monoisotopic (exact) mass is 293 g/mol. The van der Waals surface area contributed by atoms with Crippen LogP contribution in [-0.4, -0.2) is 25.8 Å². The minimum atomic E-state index is -3.54. The summed E-state index contributed by atoms with van der Waals surface area (Å²) in [7, 11) is -4.11. The Labute approximate surface area is 110 Å². The van der Waals surface area contributed by atoms with Gasteiger partial charge in [0.2, 0.25) is 0 Å². The van der Waals surface area contributed by atoms with Crippen molar-refractivity contribution in [1.29, 1.82) is 0 Å². The van der Waals surface area contributed by atoms with Crippen LogP contribution in [0.2, 0.25) is 0 Å². The Hall–Kier alpha value is -0.390. The summed E-state index contributed by atoms with van der Waals surface area (Å²) in [6.07, 6.45) is 1.78. The van der Waals surface area contributed by atoms with Crippen molar-refractivity contribution in [2.75, 3.05) is 12.0 Å². The fourth-order valence-electron chi connectivity index (χ4n) is 1.28. The van der Waals surface area contributed by atoms with Gasteiger partial charge >= 0.3 is 0 Å². The van der Waals surface area contributed by atoms with Crippen molar-refractivity contribution in [3.63, 3.8) is 0 Å². The Kier molecular flexibility index (Phi) is 5.16. The molecule has 2 atom stereocenters. The van der Waals surface area contributed by atoms with Gasteiger partial charge in [-0.3, -0.25) is 0 Å². The van der Waals surface area contributed by atoms with E-state index in [4.69, 9.17) is 11.6 Å². The summed E-state index contributed by atoms with van der Waals surface area (Å²) in [6, 6.07) is 6.69. The molecule has 0 aliphatic rings. The molecular weight excluding hydrogens is 278 g/mol. The van der Waals surface area contributed by atoms with E-state index >= 15 is 0 Å². The van der Waals surface area contributed by atoms with Crippen LogP contribution in [0.4, 0.5) is 0 Å². The SMILES string of the molecule is Cc1ccc(S(=O)(=O)/N=S(\C)CC(C)Cl)cc1. The van der Waals surface area contributed by atoms with E-state index in [1.54, 1.807) is 30.5 Å². The van der Waals surface area contributed by atoms with Crippen LogP contribution in [0.15, 0.2) is 32.9 Å². The summed E-state index contributed by atoms with van der Waals surface area (Å²) < 4.78 is 27.7. The molecule has 6 heteroatoms. The molecule has 3 nitrogen and oxygen atoms in total. The molecule has 0 spiro atoms. The molecule has 0 N–H and O–H groups in total. The molecule has 17 heavy (non-hydrogen) atoms. The number of hydrogen-bond acceptors (Lipinski definition) is 2. The second kappa shape index (κ2) is 5.98. The first-order valence-electron chi connectivity index (χ1n) is 5.12. The molecule has 1 rings (SSSR count). The maximum Gasteiger partial charge on any atom is 0.287 e. The molecule has 0 aliphatic carbocycles. The van der Waals surface area contributed by atoms with Gasteiger partial charge in [0.15, 0.2) is 0 Å². The first kappa shape index (κ1) is 14.7. The van der Waals surface area contributed by atoms with Crippen molar-refractivity contribution in [3.8, 4) is 0 Å². The van der Waals surface area contributed by atoms with E-state index in [0.29, 0.717) is 5.75 Å². The van der Waals surface area contributed by atoms with Crippen molar-refractivity contribution < 1.29 is 8.42 Å². The van der Waals surface area contributed by atoms with Crippen LogP contribution in [0.25, 0.3) is 0 Å². The van der Waals surface area contributed by atoms with Gasteiger partial charge in [0.25, 0.3) is 10.0 Å². The molecule has 0 radical (unpaired) electrons. The van der Waals surface area contributed by atoms with Crippen LogP contribution in [0.1, 0.15) is 12.5 Å². The van der Waals surface area contributed by atoms with Gasteiger partial charge in [-0.25, -0.2) is 0 Å². The van der Waals surface area contributed by atoms with Crippen molar-refractivity contribution in [3.05, 3.63) is 29.8 Å². The van der Waals surface area contributed by atoms with Crippen LogP contribution in [0, 0.1) is 6.92 Å². The predicted octanol–water partition coefficient (Wildman–Crippen LogP) is 2.74. The van der Waals surface area contributed by atoms with Gasteiger partial charge in [-0.05, 0) is 32.2 Å². The third-order valence-electron chi connectivity index (χ3n) is 2.02. The van der Waals surface area contributed by atoms with Crippen molar-refractivity contribution in [2.45, 2.75) is 24.1 Å². The molecule has 2 unspecified atom stereocenters. The highest BCUT2D eigenvalue weighted by atomic mass is 35.5. The van der Waals surface area contributed by atoms with Crippen molar-refractivity contribution >= 4 is 32.3 Å². The molecule has 0 amide bonds. The van der Waals surface area contributed by atoms with Gasteiger partial charge in [0.05, 0.1) is 4.90 Å². The van der Waals surface area contributed by atoms with Gasteiger partial charge in [-0.1, -0.05) is 28.4 Å². The maximum absolute atomic E-state index is 11.9. The number of aryl methyl sites for hydroxylation is 1. The fourth-order valence-corrected chi connectivity index (χ4v) is 4.90. The fraction of sp³-hybridized carbons (Fsp3) is 0.455. The minimum Gasteiger partial charge on any atom is -0.199 e. The molecule has 96 valence electrons. The van der Waals surface area contributed by atoms with E-state index in [-0.39, 0.29) is 10.3 Å². The number of benzene rings is 1. The standard InChI is InChI=1S/C11H16ClNO2S2/c1-9-4-6-11(7-5-9)17(14,15)13-16(3)8-10(2)12/h4-7,10H,8H2,1-3H3. The predicted molar refractivity (Wildman–Crippen MR) is 74.3 cm³/mol. The summed E-state index contributed by atoms with van der Waals surface area (Å²) in [5.41, 5.74) is 1.02.